The Morgan fingerprint density at radius 1 is 0.500 bits per heavy atom. The molecule has 5 heteroatoms. The average Bonchev–Trinajstić information content (AvgIpc) is 3.92. The predicted molar refractivity (Wildman–Crippen MR) is 267 cm³/mol. The molecular weight excluding hydrogens is 942 g/mol. The van der Waals surface area contributed by atoms with Gasteiger partial charge in [0.25, 0.3) is 0 Å². The molecule has 6 aromatic rings. The van der Waals surface area contributed by atoms with E-state index >= 15 is 0 Å². The Morgan fingerprint density at radius 2 is 0.891 bits per heavy atom. The number of halogens is 4. The van der Waals surface area contributed by atoms with E-state index in [0.717, 1.165) is 22.9 Å². The molecule has 2 aliphatic carbocycles. The summed E-state index contributed by atoms with van der Waals surface area (Å²) in [5.41, 5.74) is 19.2. The minimum Gasteiger partial charge on any atom is -1.00 e. The molecule has 0 unspecified atom stereocenters. The van der Waals surface area contributed by atoms with E-state index in [1.807, 2.05) is 36.4 Å². The van der Waals surface area contributed by atoms with Crippen LogP contribution in [-0.2, 0) is 52.3 Å². The molecule has 6 aromatic carbocycles. The van der Waals surface area contributed by atoms with E-state index < -0.39 is 0 Å². The van der Waals surface area contributed by atoms with Crippen molar-refractivity contribution in [1.29, 1.82) is 0 Å². The Kier molecular flexibility index (Phi) is 18.0. The molecule has 0 aliphatic heterocycles. The van der Waals surface area contributed by atoms with Gasteiger partial charge in [0.15, 0.2) is 0 Å². The second-order valence-electron chi connectivity index (χ2n) is 20.7. The van der Waals surface area contributed by atoms with Crippen LogP contribution in [0.4, 0.5) is 0 Å². The molecule has 0 spiro atoms. The summed E-state index contributed by atoms with van der Waals surface area (Å²) in [5.74, 6) is 0. The number of rotatable bonds is 4. The van der Waals surface area contributed by atoms with E-state index in [1.54, 1.807) is 0 Å². The van der Waals surface area contributed by atoms with Crippen LogP contribution in [0.2, 0.25) is 10.0 Å². The minimum absolute atomic E-state index is 0. The summed E-state index contributed by atoms with van der Waals surface area (Å²) < 4.78 is 1.34. The third kappa shape index (κ3) is 13.2. The SMILES string of the molecule is CC(C)(C)c1[c-]c2c(cc1C(C)(C)C)-c1cc(C(C)(C)C)c(C(C)(C)C)cc1C2.Clc1ccc(-c2ccc([C](=[Zr+2])c3ccc(-c4ccc(Cl)cc4)cc3)cc2)cc1.[C-]1=CC=CC1.[Cl-].[Cl-]. The fourth-order valence-electron chi connectivity index (χ4n) is 8.08. The van der Waals surface area contributed by atoms with Crippen LogP contribution in [0.15, 0.2) is 133 Å². The smallest absolute Gasteiger partial charge is 0.109 e. The number of hydrogen-bond donors (Lipinski definition) is 0. The number of fused-ring (bicyclic) bond motifs is 3. The van der Waals surface area contributed by atoms with Crippen LogP contribution in [-0.4, -0.2) is 3.21 Å². The third-order valence-corrected chi connectivity index (χ3v) is 13.4. The summed E-state index contributed by atoms with van der Waals surface area (Å²) >= 11 is 13.4. The Hall–Kier alpha value is -3.29. The van der Waals surface area contributed by atoms with Crippen molar-refractivity contribution >= 4 is 26.4 Å². The molecule has 0 radical (unpaired) electrons. The van der Waals surface area contributed by atoms with Gasteiger partial charge in [-0.25, -0.2) is 12.2 Å². The largest absolute Gasteiger partial charge is 1.00 e. The van der Waals surface area contributed by atoms with Gasteiger partial charge in [-0.1, -0.05) is 106 Å². The maximum Gasteiger partial charge on any atom is -0.109 e. The monoisotopic (exact) mass is 1000 g/mol. The van der Waals surface area contributed by atoms with Gasteiger partial charge in [0.1, 0.15) is 0 Å². The summed E-state index contributed by atoms with van der Waals surface area (Å²) in [6.45, 7) is 28.0. The van der Waals surface area contributed by atoms with Crippen molar-refractivity contribution in [3.63, 3.8) is 0 Å². The summed E-state index contributed by atoms with van der Waals surface area (Å²) in [4.78, 5) is 0. The fraction of sp³-hybridized carbons (Fsp3) is 0.305. The zero-order valence-electron chi connectivity index (χ0n) is 39.6. The standard InChI is InChI=1S/C29H41.C25H16Cl2.C5H5.2ClH.Zr/c1-26(2,3)22-14-18-13-19-15-23(27(4,5)6)25(29(10,11)12)17-21(19)20(18)16-24(22)28(7,8)9;26-24-13-9-22(10-14-24)20-5-1-18(2-6-20)17-19-3-7-21(8-4-19)23-11-15-25(27)16-12-23;1-2-4-5-3-1;;;/h14,16-17H,13H2,1-12H3;1-16H;1-3H,4H2;2*1H;/q-1;;-1;;;+2/p-2. The van der Waals surface area contributed by atoms with Crippen LogP contribution in [0.3, 0.4) is 0 Å². The van der Waals surface area contributed by atoms with Crippen molar-refractivity contribution in [2.75, 3.05) is 0 Å². The molecular formula is C59H62Cl4Zr-2. The molecule has 0 nitrogen and oxygen atoms in total. The van der Waals surface area contributed by atoms with Crippen molar-refractivity contribution in [1.82, 2.24) is 0 Å². The Labute approximate surface area is 423 Å². The number of hydrogen-bond acceptors (Lipinski definition) is 0. The molecule has 2 aliphatic rings. The molecule has 0 bridgehead atoms. The topological polar surface area (TPSA) is 0 Å². The van der Waals surface area contributed by atoms with Crippen molar-refractivity contribution in [3.8, 4) is 33.4 Å². The first kappa shape index (κ1) is 53.3. The van der Waals surface area contributed by atoms with Gasteiger partial charge in [-0.05, 0) is 39.4 Å². The van der Waals surface area contributed by atoms with Crippen molar-refractivity contribution in [2.45, 2.75) is 118 Å². The van der Waals surface area contributed by atoms with Gasteiger partial charge in [0.2, 0.25) is 0 Å². The summed E-state index contributed by atoms with van der Waals surface area (Å²) in [6.07, 6.45) is 11.0. The van der Waals surface area contributed by atoms with Crippen LogP contribution >= 0.6 is 23.2 Å². The summed E-state index contributed by atoms with van der Waals surface area (Å²) in [5, 5.41) is 1.52. The van der Waals surface area contributed by atoms with Gasteiger partial charge in [-0.2, -0.15) is 23.8 Å². The maximum atomic E-state index is 5.98. The zero-order valence-corrected chi connectivity index (χ0v) is 45.1. The second kappa shape index (κ2) is 21.6. The van der Waals surface area contributed by atoms with E-state index in [2.05, 4.69) is 192 Å². The van der Waals surface area contributed by atoms with Crippen LogP contribution < -0.4 is 24.8 Å². The van der Waals surface area contributed by atoms with E-state index in [4.69, 9.17) is 23.2 Å². The molecule has 332 valence electrons. The van der Waals surface area contributed by atoms with E-state index in [-0.39, 0.29) is 46.5 Å². The Morgan fingerprint density at radius 3 is 1.23 bits per heavy atom. The van der Waals surface area contributed by atoms with Gasteiger partial charge < -0.3 is 24.8 Å². The maximum absolute atomic E-state index is 5.98. The van der Waals surface area contributed by atoms with Crippen LogP contribution in [0.25, 0.3) is 33.4 Å². The van der Waals surface area contributed by atoms with E-state index in [0.29, 0.717) is 0 Å². The molecule has 0 atom stereocenters. The molecule has 0 N–H and O–H groups in total. The normalized spacial score (nSPS) is 12.8. The van der Waals surface area contributed by atoms with Gasteiger partial charge in [0.05, 0.1) is 0 Å². The predicted octanol–water partition coefficient (Wildman–Crippen LogP) is 11.0. The average molecular weight is 1000 g/mol. The van der Waals surface area contributed by atoms with Crippen molar-refractivity contribution < 1.29 is 49.0 Å². The fourth-order valence-corrected chi connectivity index (χ4v) is 9.15. The van der Waals surface area contributed by atoms with E-state index in [1.165, 1.54) is 105 Å². The van der Waals surface area contributed by atoms with Crippen molar-refractivity contribution in [2.24, 2.45) is 0 Å². The first-order valence-electron chi connectivity index (χ1n) is 21.8. The Bertz CT molecular complexity index is 2400. The third-order valence-electron chi connectivity index (χ3n) is 11.5. The van der Waals surface area contributed by atoms with Crippen molar-refractivity contribution in [3.05, 3.63) is 200 Å². The molecule has 64 heavy (non-hydrogen) atoms. The molecule has 0 fully saturated rings. The summed E-state index contributed by atoms with van der Waals surface area (Å²) in [6, 6.07) is 44.8. The van der Waals surface area contributed by atoms with Gasteiger partial charge in [-0.15, -0.1) is 23.1 Å². The molecule has 0 aromatic heterocycles. The first-order chi connectivity index (χ1) is 29.0. The molecule has 0 saturated carbocycles. The molecule has 0 heterocycles. The minimum atomic E-state index is 0. The van der Waals surface area contributed by atoms with Crippen LogP contribution in [0.5, 0.6) is 0 Å². The van der Waals surface area contributed by atoms with Gasteiger partial charge >= 0.3 is 191 Å². The first-order valence-corrected chi connectivity index (χ1v) is 23.8. The quantitative estimate of drug-likeness (QED) is 0.154. The van der Waals surface area contributed by atoms with Gasteiger partial charge in [0, 0.05) is 0 Å². The van der Waals surface area contributed by atoms with Crippen LogP contribution in [0.1, 0.15) is 134 Å². The zero-order chi connectivity index (χ0) is 45.2. The van der Waals surface area contributed by atoms with Gasteiger partial charge in [-0.3, -0.25) is 6.08 Å². The summed E-state index contributed by atoms with van der Waals surface area (Å²) in [7, 11) is 0. The number of benzene rings is 6. The van der Waals surface area contributed by atoms with E-state index in [9.17, 15) is 0 Å². The number of allylic oxidation sites excluding steroid dienone is 4. The second-order valence-corrected chi connectivity index (χ2v) is 22.8. The molecule has 0 saturated heterocycles. The van der Waals surface area contributed by atoms with Crippen LogP contribution in [0, 0.1) is 12.1 Å². The molecule has 8 rings (SSSR count). The molecule has 0 amide bonds. The Balaban J connectivity index is 0.000000245.